The van der Waals surface area contributed by atoms with Crippen LogP contribution in [0.25, 0.3) is 0 Å². The summed E-state index contributed by atoms with van der Waals surface area (Å²) in [4.78, 5) is 36.8. The van der Waals surface area contributed by atoms with Gasteiger partial charge in [0.1, 0.15) is 6.54 Å². The smallest absolute Gasteiger partial charge is 0.331 e. The molecule has 0 aliphatic rings. The standard InChI is InChI=1S/C20H18ClN3O3/c21-17-9-5-4-8-16(17)12-22-18(25)14-24-19(26)10-11-23(20(24)27)13-15-6-2-1-3-7-15/h1-11H,12-14H2,(H,22,25). The summed E-state index contributed by atoms with van der Waals surface area (Å²) < 4.78 is 2.32. The van der Waals surface area contributed by atoms with Gasteiger partial charge in [0.2, 0.25) is 5.91 Å². The Morgan fingerprint density at radius 2 is 1.67 bits per heavy atom. The molecule has 0 aliphatic heterocycles. The van der Waals surface area contributed by atoms with Gasteiger partial charge in [-0.15, -0.1) is 0 Å². The molecule has 0 fully saturated rings. The molecule has 1 amide bonds. The molecule has 3 rings (SSSR count). The number of carbonyl (C=O) groups excluding carboxylic acids is 1. The van der Waals surface area contributed by atoms with E-state index in [-0.39, 0.29) is 13.1 Å². The monoisotopic (exact) mass is 383 g/mol. The van der Waals surface area contributed by atoms with Gasteiger partial charge in [-0.3, -0.25) is 18.7 Å². The molecule has 0 unspecified atom stereocenters. The topological polar surface area (TPSA) is 73.1 Å². The molecule has 0 radical (unpaired) electrons. The highest BCUT2D eigenvalue weighted by Gasteiger charge is 2.11. The minimum Gasteiger partial charge on any atom is -0.350 e. The van der Waals surface area contributed by atoms with Crippen LogP contribution in [0.5, 0.6) is 0 Å². The molecule has 0 bridgehead atoms. The van der Waals surface area contributed by atoms with E-state index in [1.807, 2.05) is 36.4 Å². The van der Waals surface area contributed by atoms with Crippen LogP contribution in [0.3, 0.4) is 0 Å². The van der Waals surface area contributed by atoms with Crippen LogP contribution in [0, 0.1) is 0 Å². The highest BCUT2D eigenvalue weighted by molar-refractivity contribution is 6.31. The van der Waals surface area contributed by atoms with Gasteiger partial charge < -0.3 is 5.32 Å². The van der Waals surface area contributed by atoms with Gasteiger partial charge in [-0.05, 0) is 17.2 Å². The molecular formula is C20H18ClN3O3. The Balaban J connectivity index is 1.73. The third kappa shape index (κ3) is 4.74. The maximum Gasteiger partial charge on any atom is 0.331 e. The van der Waals surface area contributed by atoms with Crippen molar-refractivity contribution in [3.05, 3.63) is 104 Å². The zero-order chi connectivity index (χ0) is 19.2. The Morgan fingerprint density at radius 1 is 0.963 bits per heavy atom. The Labute approximate surface area is 160 Å². The molecule has 0 spiro atoms. The Kier molecular flexibility index (Phi) is 5.88. The predicted octanol–water partition coefficient (Wildman–Crippen LogP) is 2.03. The lowest BCUT2D eigenvalue weighted by molar-refractivity contribution is -0.121. The number of hydrogen-bond donors (Lipinski definition) is 1. The zero-order valence-electron chi connectivity index (χ0n) is 14.5. The highest BCUT2D eigenvalue weighted by atomic mass is 35.5. The lowest BCUT2D eigenvalue weighted by Crippen LogP contribution is -2.43. The van der Waals surface area contributed by atoms with Crippen molar-refractivity contribution < 1.29 is 4.79 Å². The predicted molar refractivity (Wildman–Crippen MR) is 104 cm³/mol. The van der Waals surface area contributed by atoms with E-state index < -0.39 is 17.2 Å². The minimum absolute atomic E-state index is 0.221. The van der Waals surface area contributed by atoms with Crippen LogP contribution >= 0.6 is 11.6 Å². The number of carbonyl (C=O) groups is 1. The Morgan fingerprint density at radius 3 is 2.41 bits per heavy atom. The molecule has 1 N–H and O–H groups in total. The summed E-state index contributed by atoms with van der Waals surface area (Å²) in [6.45, 7) is 0.192. The average molecular weight is 384 g/mol. The maximum absolute atomic E-state index is 12.6. The van der Waals surface area contributed by atoms with Crippen molar-refractivity contribution in [1.29, 1.82) is 0 Å². The molecule has 7 heteroatoms. The first-order valence-corrected chi connectivity index (χ1v) is 8.77. The van der Waals surface area contributed by atoms with Crippen LogP contribution in [0.4, 0.5) is 0 Å². The summed E-state index contributed by atoms with van der Waals surface area (Å²) in [7, 11) is 0. The number of nitrogens with one attached hydrogen (secondary N) is 1. The molecule has 0 aliphatic carbocycles. The summed E-state index contributed by atoms with van der Waals surface area (Å²) >= 11 is 6.06. The van der Waals surface area contributed by atoms with Crippen molar-refractivity contribution in [3.8, 4) is 0 Å². The fourth-order valence-corrected chi connectivity index (χ4v) is 2.84. The number of hydrogen-bond acceptors (Lipinski definition) is 3. The van der Waals surface area contributed by atoms with E-state index in [0.717, 1.165) is 15.7 Å². The summed E-state index contributed by atoms with van der Waals surface area (Å²) in [6, 6.07) is 17.8. The first kappa shape index (κ1) is 18.7. The lowest BCUT2D eigenvalue weighted by Gasteiger charge is -2.11. The summed E-state index contributed by atoms with van der Waals surface area (Å²) in [5.74, 6) is -0.438. The van der Waals surface area contributed by atoms with Gasteiger partial charge in [-0.1, -0.05) is 60.1 Å². The van der Waals surface area contributed by atoms with Crippen LogP contribution in [0.15, 0.2) is 76.4 Å². The number of amides is 1. The van der Waals surface area contributed by atoms with Crippen molar-refractivity contribution in [2.24, 2.45) is 0 Å². The normalized spacial score (nSPS) is 10.6. The SMILES string of the molecule is O=C(Cn1c(=O)ccn(Cc2ccccc2)c1=O)NCc1ccccc1Cl. The number of benzene rings is 2. The third-order valence-electron chi connectivity index (χ3n) is 4.07. The van der Waals surface area contributed by atoms with E-state index in [1.54, 1.807) is 18.2 Å². The molecule has 1 aromatic heterocycles. The molecular weight excluding hydrogens is 366 g/mol. The number of halogens is 1. The van der Waals surface area contributed by atoms with Crippen LogP contribution in [0.1, 0.15) is 11.1 Å². The number of nitrogens with zero attached hydrogens (tertiary/aromatic N) is 2. The quantitative estimate of drug-likeness (QED) is 0.707. The second-order valence-electron chi connectivity index (χ2n) is 6.00. The maximum atomic E-state index is 12.6. The van der Waals surface area contributed by atoms with Crippen LogP contribution in [-0.2, 0) is 24.4 Å². The van der Waals surface area contributed by atoms with E-state index in [4.69, 9.17) is 11.6 Å². The number of aromatic nitrogens is 2. The van der Waals surface area contributed by atoms with Crippen molar-refractivity contribution in [1.82, 2.24) is 14.5 Å². The first-order chi connectivity index (χ1) is 13.0. The van der Waals surface area contributed by atoms with E-state index in [2.05, 4.69) is 5.32 Å². The molecule has 0 saturated carbocycles. The van der Waals surface area contributed by atoms with Crippen LogP contribution in [-0.4, -0.2) is 15.0 Å². The van der Waals surface area contributed by atoms with Crippen molar-refractivity contribution in [2.75, 3.05) is 0 Å². The zero-order valence-corrected chi connectivity index (χ0v) is 15.2. The molecule has 1 heterocycles. The summed E-state index contributed by atoms with van der Waals surface area (Å²) in [5.41, 5.74) is 0.638. The average Bonchev–Trinajstić information content (AvgIpc) is 2.67. The second kappa shape index (κ2) is 8.51. The fourth-order valence-electron chi connectivity index (χ4n) is 2.64. The van der Waals surface area contributed by atoms with E-state index in [0.29, 0.717) is 11.6 Å². The summed E-state index contributed by atoms with van der Waals surface area (Å²) in [5, 5.41) is 3.22. The first-order valence-electron chi connectivity index (χ1n) is 8.39. The molecule has 6 nitrogen and oxygen atoms in total. The second-order valence-corrected chi connectivity index (χ2v) is 6.41. The number of rotatable bonds is 6. The minimum atomic E-state index is -0.528. The van der Waals surface area contributed by atoms with Crippen molar-refractivity contribution in [3.63, 3.8) is 0 Å². The van der Waals surface area contributed by atoms with Gasteiger partial charge in [0, 0.05) is 23.8 Å². The van der Waals surface area contributed by atoms with E-state index >= 15 is 0 Å². The van der Waals surface area contributed by atoms with E-state index in [1.165, 1.54) is 16.8 Å². The van der Waals surface area contributed by atoms with Gasteiger partial charge in [-0.25, -0.2) is 4.79 Å². The molecule has 2 aromatic carbocycles. The van der Waals surface area contributed by atoms with Gasteiger partial charge in [0.05, 0.1) is 6.54 Å². The third-order valence-corrected chi connectivity index (χ3v) is 4.44. The van der Waals surface area contributed by atoms with Crippen LogP contribution in [0.2, 0.25) is 5.02 Å². The molecule has 0 atom stereocenters. The molecule has 3 aromatic rings. The van der Waals surface area contributed by atoms with Gasteiger partial charge >= 0.3 is 5.69 Å². The van der Waals surface area contributed by atoms with Gasteiger partial charge in [-0.2, -0.15) is 0 Å². The molecule has 0 saturated heterocycles. The largest absolute Gasteiger partial charge is 0.350 e. The molecule has 27 heavy (non-hydrogen) atoms. The Hall–Kier alpha value is -3.12. The van der Waals surface area contributed by atoms with E-state index in [9.17, 15) is 14.4 Å². The fraction of sp³-hybridized carbons (Fsp3) is 0.150. The summed E-state index contributed by atoms with van der Waals surface area (Å²) in [6.07, 6.45) is 1.44. The van der Waals surface area contributed by atoms with Gasteiger partial charge in [0.15, 0.2) is 0 Å². The van der Waals surface area contributed by atoms with Crippen LogP contribution < -0.4 is 16.6 Å². The van der Waals surface area contributed by atoms with Crippen molar-refractivity contribution >= 4 is 17.5 Å². The molecule has 138 valence electrons. The Bertz CT molecular complexity index is 1060. The highest BCUT2D eigenvalue weighted by Crippen LogP contribution is 2.14. The lowest BCUT2D eigenvalue weighted by atomic mass is 10.2. The van der Waals surface area contributed by atoms with Crippen molar-refractivity contribution in [2.45, 2.75) is 19.6 Å². The van der Waals surface area contributed by atoms with Gasteiger partial charge in [0.25, 0.3) is 5.56 Å².